The molecule has 0 aliphatic rings. The molecule has 0 amide bonds. The number of nitrogens with zero attached hydrogens (tertiary/aromatic N) is 5. The fourth-order valence-corrected chi connectivity index (χ4v) is 4.51. The van der Waals surface area contributed by atoms with Crippen LogP contribution in [0.3, 0.4) is 0 Å². The molecule has 128 valence electrons. The Balaban J connectivity index is 1.40. The van der Waals surface area contributed by atoms with Crippen molar-refractivity contribution in [1.82, 2.24) is 24.7 Å². The molecule has 0 aliphatic carbocycles. The third-order valence-corrected chi connectivity index (χ3v) is 5.94. The zero-order chi connectivity index (χ0) is 17.5. The van der Waals surface area contributed by atoms with E-state index in [9.17, 15) is 0 Å². The van der Waals surface area contributed by atoms with Gasteiger partial charge in [-0.1, -0.05) is 70.2 Å². The van der Waals surface area contributed by atoms with E-state index in [1.807, 2.05) is 36.4 Å². The summed E-state index contributed by atoms with van der Waals surface area (Å²) in [6.45, 7) is 2.05. The lowest BCUT2D eigenvalue weighted by Crippen LogP contribution is -1.87. The van der Waals surface area contributed by atoms with Gasteiger partial charge in [-0.3, -0.25) is 4.40 Å². The highest BCUT2D eigenvalue weighted by Gasteiger charge is 2.15. The largest absolute Gasteiger partial charge is 0.338 e. The molecule has 0 aliphatic heterocycles. The lowest BCUT2D eigenvalue weighted by molar-refractivity contribution is 0.391. The van der Waals surface area contributed by atoms with Gasteiger partial charge in [0.25, 0.3) is 0 Å². The van der Waals surface area contributed by atoms with E-state index in [-0.39, 0.29) is 0 Å². The van der Waals surface area contributed by atoms with Gasteiger partial charge < -0.3 is 4.52 Å². The van der Waals surface area contributed by atoms with Crippen molar-refractivity contribution < 1.29 is 4.52 Å². The lowest BCUT2D eigenvalue weighted by Gasteiger charge is -1.96. The number of thiazole rings is 1. The van der Waals surface area contributed by atoms with Gasteiger partial charge in [0, 0.05) is 5.56 Å². The van der Waals surface area contributed by atoms with Crippen molar-refractivity contribution in [2.45, 2.75) is 17.8 Å². The Bertz CT molecular complexity index is 1210. The van der Waals surface area contributed by atoms with E-state index < -0.39 is 0 Å². The van der Waals surface area contributed by atoms with Crippen molar-refractivity contribution in [3.8, 4) is 11.4 Å². The van der Waals surface area contributed by atoms with Crippen LogP contribution in [-0.4, -0.2) is 24.7 Å². The summed E-state index contributed by atoms with van der Waals surface area (Å²) in [7, 11) is 0. The first kappa shape index (κ1) is 15.5. The van der Waals surface area contributed by atoms with Crippen LogP contribution in [0.2, 0.25) is 0 Å². The summed E-state index contributed by atoms with van der Waals surface area (Å²) in [6.07, 6.45) is 0. The summed E-state index contributed by atoms with van der Waals surface area (Å²) in [5.74, 6) is 1.72. The summed E-state index contributed by atoms with van der Waals surface area (Å²) < 4.78 is 8.66. The van der Waals surface area contributed by atoms with Crippen LogP contribution in [-0.2, 0) is 5.75 Å². The third-order valence-electron chi connectivity index (χ3n) is 4.01. The van der Waals surface area contributed by atoms with Crippen molar-refractivity contribution in [3.63, 3.8) is 0 Å². The van der Waals surface area contributed by atoms with Crippen LogP contribution in [0.25, 0.3) is 26.6 Å². The Morgan fingerprint density at radius 3 is 2.81 bits per heavy atom. The minimum atomic E-state index is 0.545. The second kappa shape index (κ2) is 6.22. The van der Waals surface area contributed by atoms with Gasteiger partial charge in [0.2, 0.25) is 16.7 Å². The van der Waals surface area contributed by atoms with Crippen LogP contribution < -0.4 is 0 Å². The smallest absolute Gasteiger partial charge is 0.237 e. The van der Waals surface area contributed by atoms with Crippen LogP contribution >= 0.6 is 23.1 Å². The van der Waals surface area contributed by atoms with Gasteiger partial charge in [-0.2, -0.15) is 4.98 Å². The molecule has 5 aromatic rings. The van der Waals surface area contributed by atoms with Crippen LogP contribution in [0.15, 0.2) is 58.2 Å². The molecule has 5 rings (SSSR count). The molecule has 8 heteroatoms. The van der Waals surface area contributed by atoms with E-state index in [4.69, 9.17) is 4.52 Å². The van der Waals surface area contributed by atoms with Gasteiger partial charge >= 0.3 is 0 Å². The second-order valence-corrected chi connectivity index (χ2v) is 7.79. The number of hydrogen-bond donors (Lipinski definition) is 0. The summed E-state index contributed by atoms with van der Waals surface area (Å²) in [5.41, 5.74) is 3.27. The van der Waals surface area contributed by atoms with Gasteiger partial charge in [-0.25, -0.2) is 0 Å². The fourth-order valence-electron chi connectivity index (χ4n) is 2.71. The standard InChI is InChI=1S/C18H13N5OS2/c1-11-6-8-12(9-7-11)16-19-15(24-22-16)10-25-17-20-21-18-23(17)13-4-2-3-5-14(13)26-18/h2-9H,10H2,1H3. The van der Waals surface area contributed by atoms with Crippen molar-refractivity contribution in [1.29, 1.82) is 0 Å². The van der Waals surface area contributed by atoms with Gasteiger partial charge in [0.15, 0.2) is 5.16 Å². The first-order valence-corrected chi connectivity index (χ1v) is 9.83. The molecular weight excluding hydrogens is 366 g/mol. The molecular formula is C18H13N5OS2. The number of aryl methyl sites for hydroxylation is 1. The minimum absolute atomic E-state index is 0.545. The number of aromatic nitrogens is 5. The molecule has 3 heterocycles. The molecule has 0 saturated heterocycles. The molecule has 0 spiro atoms. The highest BCUT2D eigenvalue weighted by atomic mass is 32.2. The first-order valence-electron chi connectivity index (χ1n) is 8.03. The molecule has 0 atom stereocenters. The van der Waals surface area contributed by atoms with Gasteiger partial charge in [-0.15, -0.1) is 10.2 Å². The van der Waals surface area contributed by atoms with Gasteiger partial charge in [0.05, 0.1) is 16.0 Å². The van der Waals surface area contributed by atoms with Crippen molar-refractivity contribution >= 4 is 38.3 Å². The highest BCUT2D eigenvalue weighted by molar-refractivity contribution is 7.98. The number of rotatable bonds is 4. The zero-order valence-electron chi connectivity index (χ0n) is 13.8. The van der Waals surface area contributed by atoms with E-state index in [1.54, 1.807) is 11.3 Å². The predicted octanol–water partition coefficient (Wildman–Crippen LogP) is 4.59. The van der Waals surface area contributed by atoms with E-state index in [1.165, 1.54) is 22.0 Å². The molecule has 0 bridgehead atoms. The maximum absolute atomic E-state index is 5.39. The maximum Gasteiger partial charge on any atom is 0.237 e. The summed E-state index contributed by atoms with van der Waals surface area (Å²) in [4.78, 5) is 5.37. The number of benzene rings is 2. The topological polar surface area (TPSA) is 69.1 Å². The molecule has 3 aromatic heterocycles. The molecule has 0 fully saturated rings. The zero-order valence-corrected chi connectivity index (χ0v) is 15.4. The minimum Gasteiger partial charge on any atom is -0.338 e. The Morgan fingerprint density at radius 2 is 1.92 bits per heavy atom. The van der Waals surface area contributed by atoms with Crippen LogP contribution in [0, 0.1) is 6.92 Å². The average Bonchev–Trinajstić information content (AvgIpc) is 3.36. The van der Waals surface area contributed by atoms with Crippen LogP contribution in [0.4, 0.5) is 0 Å². The normalized spacial score (nSPS) is 11.6. The Hall–Kier alpha value is -2.71. The second-order valence-electron chi connectivity index (χ2n) is 5.84. The molecule has 0 N–H and O–H groups in total. The maximum atomic E-state index is 5.39. The molecule has 26 heavy (non-hydrogen) atoms. The quantitative estimate of drug-likeness (QED) is 0.425. The van der Waals surface area contributed by atoms with Crippen LogP contribution in [0.5, 0.6) is 0 Å². The van der Waals surface area contributed by atoms with Crippen molar-refractivity contribution in [2.24, 2.45) is 0 Å². The molecule has 0 unspecified atom stereocenters. The van der Waals surface area contributed by atoms with E-state index in [0.29, 0.717) is 17.5 Å². The van der Waals surface area contributed by atoms with Gasteiger partial charge in [0.1, 0.15) is 0 Å². The lowest BCUT2D eigenvalue weighted by atomic mass is 10.1. The summed E-state index contributed by atoms with van der Waals surface area (Å²) >= 11 is 3.17. The Kier molecular flexibility index (Phi) is 3.72. The molecule has 0 radical (unpaired) electrons. The number of para-hydroxylation sites is 1. The number of thioether (sulfide) groups is 1. The predicted molar refractivity (Wildman–Crippen MR) is 102 cm³/mol. The third kappa shape index (κ3) is 2.67. The molecule has 2 aromatic carbocycles. The fraction of sp³-hybridized carbons (Fsp3) is 0.111. The average molecular weight is 379 g/mol. The first-order chi connectivity index (χ1) is 12.8. The Labute approximate surface area is 156 Å². The van der Waals surface area contributed by atoms with Crippen molar-refractivity contribution in [2.75, 3.05) is 0 Å². The monoisotopic (exact) mass is 379 g/mol. The van der Waals surface area contributed by atoms with E-state index in [0.717, 1.165) is 21.2 Å². The summed E-state index contributed by atoms with van der Waals surface area (Å²) in [5, 5.41) is 13.5. The van der Waals surface area contributed by atoms with E-state index in [2.05, 4.69) is 43.8 Å². The molecule has 0 saturated carbocycles. The van der Waals surface area contributed by atoms with Crippen molar-refractivity contribution in [3.05, 3.63) is 60.0 Å². The van der Waals surface area contributed by atoms with Gasteiger partial charge in [-0.05, 0) is 19.1 Å². The summed E-state index contributed by atoms with van der Waals surface area (Å²) in [6, 6.07) is 16.3. The highest BCUT2D eigenvalue weighted by Crippen LogP contribution is 2.30. The SMILES string of the molecule is Cc1ccc(-c2noc(CSc3nnc4sc5ccccc5n34)n2)cc1. The number of hydrogen-bond acceptors (Lipinski definition) is 7. The van der Waals surface area contributed by atoms with E-state index >= 15 is 0 Å². The van der Waals surface area contributed by atoms with Crippen LogP contribution in [0.1, 0.15) is 11.5 Å². The Morgan fingerprint density at radius 1 is 1.08 bits per heavy atom. The number of fused-ring (bicyclic) bond motifs is 3. The molecule has 6 nitrogen and oxygen atoms in total.